The molecule has 0 unspecified atom stereocenters. The first-order chi connectivity index (χ1) is 15.5. The van der Waals surface area contributed by atoms with Gasteiger partial charge in [0.05, 0.1) is 23.1 Å². The Hall–Kier alpha value is -2.23. The van der Waals surface area contributed by atoms with Crippen LogP contribution in [0, 0.1) is 5.92 Å². The molecule has 168 valence electrons. The fraction of sp³-hybridized carbons (Fsp3) is 0.478. The van der Waals surface area contributed by atoms with Crippen LogP contribution in [0.3, 0.4) is 0 Å². The van der Waals surface area contributed by atoms with Crippen LogP contribution in [0.15, 0.2) is 34.1 Å². The zero-order valence-corrected chi connectivity index (χ0v) is 19.7. The average Bonchev–Trinajstić information content (AvgIpc) is 3.39. The summed E-state index contributed by atoms with van der Waals surface area (Å²) >= 11 is 6.74. The van der Waals surface area contributed by atoms with E-state index in [9.17, 15) is 9.59 Å². The van der Waals surface area contributed by atoms with E-state index in [1.807, 2.05) is 18.2 Å². The standard InChI is InChI=1S/C23H26N4O3S2/c1-15-6-4-9-25(13-15)20-17(21(28)26-10-3-2-8-19(26)24-20)12-18-22(29)27(23(31)32-18)14-16-7-5-11-30-16/h2-3,8,10,12,15-16H,4-7,9,11,13-14H2,1H3/b18-12-/t15-,16+/m1/s1. The molecule has 0 aromatic carbocycles. The van der Waals surface area contributed by atoms with E-state index in [1.165, 1.54) is 22.6 Å². The summed E-state index contributed by atoms with van der Waals surface area (Å²) in [6.07, 6.45) is 7.59. The van der Waals surface area contributed by atoms with Crippen molar-refractivity contribution in [3.8, 4) is 0 Å². The number of ether oxygens (including phenoxy) is 1. The predicted octanol–water partition coefficient (Wildman–Crippen LogP) is 3.31. The lowest BCUT2D eigenvalue weighted by atomic mass is 10.00. The Labute approximate surface area is 196 Å². The largest absolute Gasteiger partial charge is 0.376 e. The molecule has 3 fully saturated rings. The highest BCUT2D eigenvalue weighted by Crippen LogP contribution is 2.35. The smallest absolute Gasteiger partial charge is 0.267 e. The van der Waals surface area contributed by atoms with E-state index in [1.54, 1.807) is 17.2 Å². The van der Waals surface area contributed by atoms with Crippen molar-refractivity contribution in [1.29, 1.82) is 0 Å². The van der Waals surface area contributed by atoms with Gasteiger partial charge >= 0.3 is 0 Å². The SMILES string of the molecule is C[C@@H]1CCCN(c2nc3ccccn3c(=O)c2/C=C2\SC(=S)N(C[C@@H]3CCCO3)C2=O)C1. The highest BCUT2D eigenvalue weighted by atomic mass is 32.2. The minimum atomic E-state index is -0.173. The van der Waals surface area contributed by atoms with Gasteiger partial charge in [0.25, 0.3) is 11.5 Å². The van der Waals surface area contributed by atoms with Crippen LogP contribution in [0.2, 0.25) is 0 Å². The number of nitrogens with zero attached hydrogens (tertiary/aromatic N) is 4. The predicted molar refractivity (Wildman–Crippen MR) is 131 cm³/mol. The number of piperidine rings is 1. The maximum absolute atomic E-state index is 13.5. The zero-order valence-electron chi connectivity index (χ0n) is 18.0. The number of hydrogen-bond donors (Lipinski definition) is 0. The number of thiocarbonyl (C=S) groups is 1. The molecule has 9 heteroatoms. The normalized spacial score (nSPS) is 25.5. The molecule has 2 aromatic rings. The van der Waals surface area contributed by atoms with E-state index in [4.69, 9.17) is 21.9 Å². The van der Waals surface area contributed by atoms with Crippen molar-refractivity contribution < 1.29 is 9.53 Å². The molecule has 0 spiro atoms. The third-order valence-electron chi connectivity index (χ3n) is 6.26. The molecule has 0 aliphatic carbocycles. The highest BCUT2D eigenvalue weighted by Gasteiger charge is 2.35. The summed E-state index contributed by atoms with van der Waals surface area (Å²) in [7, 11) is 0. The number of carbonyl (C=O) groups is 1. The van der Waals surface area contributed by atoms with Gasteiger partial charge in [-0.1, -0.05) is 37.0 Å². The van der Waals surface area contributed by atoms with Crippen molar-refractivity contribution >= 4 is 51.7 Å². The molecule has 2 aromatic heterocycles. The van der Waals surface area contributed by atoms with Gasteiger partial charge in [-0.25, -0.2) is 4.98 Å². The van der Waals surface area contributed by atoms with Gasteiger partial charge in [-0.2, -0.15) is 0 Å². The van der Waals surface area contributed by atoms with Crippen molar-refractivity contribution in [2.24, 2.45) is 5.92 Å². The number of pyridine rings is 1. The topological polar surface area (TPSA) is 67.2 Å². The van der Waals surface area contributed by atoms with Crippen molar-refractivity contribution in [2.75, 3.05) is 31.1 Å². The van der Waals surface area contributed by atoms with Crippen LogP contribution in [0.5, 0.6) is 0 Å². The van der Waals surface area contributed by atoms with Crippen LogP contribution < -0.4 is 10.5 Å². The van der Waals surface area contributed by atoms with E-state index >= 15 is 0 Å². The summed E-state index contributed by atoms with van der Waals surface area (Å²) in [5.41, 5.74) is 0.877. The summed E-state index contributed by atoms with van der Waals surface area (Å²) in [4.78, 5) is 35.7. The maximum atomic E-state index is 13.5. The summed E-state index contributed by atoms with van der Waals surface area (Å²) < 4.78 is 7.74. The number of thioether (sulfide) groups is 1. The molecule has 7 nitrogen and oxygen atoms in total. The van der Waals surface area contributed by atoms with Crippen molar-refractivity contribution in [2.45, 2.75) is 38.7 Å². The summed E-state index contributed by atoms with van der Waals surface area (Å²) in [5.74, 6) is 1.01. The molecule has 0 radical (unpaired) electrons. The van der Waals surface area contributed by atoms with Crippen LogP contribution in [0.1, 0.15) is 38.2 Å². The molecule has 32 heavy (non-hydrogen) atoms. The number of carbonyl (C=O) groups excluding carboxylic acids is 1. The number of aromatic nitrogens is 2. The third-order valence-corrected chi connectivity index (χ3v) is 7.64. The molecule has 3 aliphatic rings. The first kappa shape index (κ1) is 21.6. The summed E-state index contributed by atoms with van der Waals surface area (Å²) in [6.45, 7) is 5.10. The number of fused-ring (bicyclic) bond motifs is 1. The van der Waals surface area contributed by atoms with E-state index in [-0.39, 0.29) is 17.6 Å². The van der Waals surface area contributed by atoms with Gasteiger partial charge in [-0.3, -0.25) is 18.9 Å². The molecule has 5 rings (SSSR count). The van der Waals surface area contributed by atoms with Crippen LogP contribution in [0.4, 0.5) is 5.82 Å². The fourth-order valence-corrected chi connectivity index (χ4v) is 5.88. The third kappa shape index (κ3) is 4.09. The quantitative estimate of drug-likeness (QED) is 0.502. The fourth-order valence-electron chi connectivity index (χ4n) is 4.62. The average molecular weight is 471 g/mol. The van der Waals surface area contributed by atoms with E-state index in [0.717, 1.165) is 39.0 Å². The van der Waals surface area contributed by atoms with Gasteiger partial charge in [-0.05, 0) is 49.8 Å². The maximum Gasteiger partial charge on any atom is 0.267 e. The minimum Gasteiger partial charge on any atom is -0.376 e. The van der Waals surface area contributed by atoms with E-state index < -0.39 is 0 Å². The molecule has 0 N–H and O–H groups in total. The van der Waals surface area contributed by atoms with Gasteiger partial charge in [-0.15, -0.1) is 0 Å². The lowest BCUT2D eigenvalue weighted by Gasteiger charge is -2.32. The Kier molecular flexibility index (Phi) is 6.05. The van der Waals surface area contributed by atoms with Gasteiger partial charge in [0.2, 0.25) is 0 Å². The van der Waals surface area contributed by atoms with Crippen molar-refractivity contribution in [3.63, 3.8) is 0 Å². The molecule has 1 amide bonds. The van der Waals surface area contributed by atoms with Crippen LogP contribution in [-0.2, 0) is 9.53 Å². The Balaban J connectivity index is 1.55. The van der Waals surface area contributed by atoms with Crippen LogP contribution >= 0.6 is 24.0 Å². The lowest BCUT2D eigenvalue weighted by molar-refractivity contribution is -0.123. The first-order valence-corrected chi connectivity index (χ1v) is 12.4. The minimum absolute atomic E-state index is 0.0233. The molecule has 0 saturated carbocycles. The molecule has 3 saturated heterocycles. The first-order valence-electron chi connectivity index (χ1n) is 11.1. The Morgan fingerprint density at radius 3 is 2.94 bits per heavy atom. The Bertz CT molecular complexity index is 1160. The zero-order chi connectivity index (χ0) is 22.2. The van der Waals surface area contributed by atoms with Gasteiger partial charge < -0.3 is 9.64 Å². The number of rotatable bonds is 4. The molecular weight excluding hydrogens is 444 g/mol. The molecule has 3 aliphatic heterocycles. The molecule has 0 bridgehead atoms. The summed E-state index contributed by atoms with van der Waals surface area (Å²) in [5, 5.41) is 0. The summed E-state index contributed by atoms with van der Waals surface area (Å²) in [6, 6.07) is 5.52. The molecule has 2 atom stereocenters. The lowest BCUT2D eigenvalue weighted by Crippen LogP contribution is -2.37. The van der Waals surface area contributed by atoms with Crippen molar-refractivity contribution in [1.82, 2.24) is 14.3 Å². The van der Waals surface area contributed by atoms with Crippen LogP contribution in [0.25, 0.3) is 11.7 Å². The number of hydrogen-bond acceptors (Lipinski definition) is 7. The Morgan fingerprint density at radius 2 is 2.16 bits per heavy atom. The monoisotopic (exact) mass is 470 g/mol. The number of anilines is 1. The highest BCUT2D eigenvalue weighted by molar-refractivity contribution is 8.26. The molecule has 5 heterocycles. The Morgan fingerprint density at radius 1 is 1.28 bits per heavy atom. The van der Waals surface area contributed by atoms with Gasteiger partial charge in [0.1, 0.15) is 15.8 Å². The second-order valence-electron chi connectivity index (χ2n) is 8.70. The van der Waals surface area contributed by atoms with Crippen molar-refractivity contribution in [3.05, 3.63) is 45.2 Å². The molecular formula is C23H26N4O3S2. The van der Waals surface area contributed by atoms with E-state index in [0.29, 0.717) is 38.7 Å². The second-order valence-corrected chi connectivity index (χ2v) is 10.4. The van der Waals surface area contributed by atoms with Gasteiger partial charge in [0, 0.05) is 25.9 Å². The van der Waals surface area contributed by atoms with E-state index in [2.05, 4.69) is 11.8 Å². The second kappa shape index (κ2) is 8.96. The number of amides is 1. The van der Waals surface area contributed by atoms with Crippen LogP contribution in [-0.4, -0.2) is 56.9 Å². The van der Waals surface area contributed by atoms with Gasteiger partial charge in [0.15, 0.2) is 0 Å².